The molecule has 102 valence electrons. The topological polar surface area (TPSA) is 47.7 Å². The maximum atomic E-state index is 5.72. The zero-order chi connectivity index (χ0) is 13.4. The van der Waals surface area contributed by atoms with Crippen LogP contribution in [0.1, 0.15) is 13.3 Å². The molecular weight excluding hydrogens is 228 g/mol. The van der Waals surface area contributed by atoms with Crippen molar-refractivity contribution in [1.82, 2.24) is 4.90 Å². The zero-order valence-electron chi connectivity index (χ0n) is 11.6. The molecule has 0 aromatic heterocycles. The van der Waals surface area contributed by atoms with Crippen molar-refractivity contribution in [2.75, 3.05) is 33.9 Å². The molecule has 0 amide bonds. The number of ether oxygens (including phenoxy) is 2. The molecule has 0 saturated heterocycles. The Morgan fingerprint density at radius 3 is 2.33 bits per heavy atom. The summed E-state index contributed by atoms with van der Waals surface area (Å²) in [5.74, 6) is 1.72. The molecule has 0 saturated carbocycles. The highest BCUT2D eigenvalue weighted by atomic mass is 16.5. The largest absolute Gasteiger partial charge is 0.497 e. The summed E-state index contributed by atoms with van der Waals surface area (Å²) >= 11 is 0. The summed E-state index contributed by atoms with van der Waals surface area (Å²) in [6.45, 7) is 4.62. The Labute approximate surface area is 110 Å². The number of benzene rings is 1. The van der Waals surface area contributed by atoms with Gasteiger partial charge in [-0.2, -0.15) is 0 Å². The molecule has 0 bridgehead atoms. The molecule has 1 unspecified atom stereocenters. The third kappa shape index (κ3) is 5.89. The highest BCUT2D eigenvalue weighted by Gasteiger charge is 2.01. The first-order chi connectivity index (χ1) is 8.61. The Morgan fingerprint density at radius 2 is 1.78 bits per heavy atom. The molecule has 0 heterocycles. The van der Waals surface area contributed by atoms with Crippen molar-refractivity contribution in [1.29, 1.82) is 0 Å². The average Bonchev–Trinajstić information content (AvgIpc) is 2.37. The van der Waals surface area contributed by atoms with Gasteiger partial charge < -0.3 is 20.1 Å². The molecule has 2 N–H and O–H groups in total. The lowest BCUT2D eigenvalue weighted by Crippen LogP contribution is -2.29. The fourth-order valence-corrected chi connectivity index (χ4v) is 1.53. The van der Waals surface area contributed by atoms with Crippen LogP contribution in [0, 0.1) is 0 Å². The van der Waals surface area contributed by atoms with Crippen LogP contribution in [0.2, 0.25) is 0 Å². The first-order valence-electron chi connectivity index (χ1n) is 6.33. The van der Waals surface area contributed by atoms with Crippen molar-refractivity contribution in [3.8, 4) is 11.5 Å². The second-order valence-electron chi connectivity index (χ2n) is 4.59. The molecule has 0 fully saturated rings. The van der Waals surface area contributed by atoms with Gasteiger partial charge in [0.1, 0.15) is 18.1 Å². The summed E-state index contributed by atoms with van der Waals surface area (Å²) in [6.07, 6.45) is 1.01. The van der Waals surface area contributed by atoms with Crippen LogP contribution in [0.5, 0.6) is 11.5 Å². The van der Waals surface area contributed by atoms with E-state index in [1.807, 2.05) is 31.2 Å². The summed E-state index contributed by atoms with van der Waals surface area (Å²) < 4.78 is 10.7. The van der Waals surface area contributed by atoms with E-state index in [1.165, 1.54) is 0 Å². The highest BCUT2D eigenvalue weighted by Crippen LogP contribution is 2.16. The van der Waals surface area contributed by atoms with E-state index < -0.39 is 0 Å². The molecule has 0 radical (unpaired) electrons. The van der Waals surface area contributed by atoms with Crippen LogP contribution in [0.4, 0.5) is 0 Å². The third-order valence-corrected chi connectivity index (χ3v) is 2.77. The van der Waals surface area contributed by atoms with E-state index in [2.05, 4.69) is 11.9 Å². The van der Waals surface area contributed by atoms with Crippen LogP contribution in [-0.4, -0.2) is 44.8 Å². The van der Waals surface area contributed by atoms with E-state index in [0.29, 0.717) is 6.61 Å². The summed E-state index contributed by atoms with van der Waals surface area (Å²) in [4.78, 5) is 2.23. The Hall–Kier alpha value is -1.26. The maximum Gasteiger partial charge on any atom is 0.119 e. The molecular formula is C14H24N2O2. The number of likely N-dealkylation sites (N-methyl/N-ethyl adjacent to an activating group) is 1. The quantitative estimate of drug-likeness (QED) is 0.765. The summed E-state index contributed by atoms with van der Waals surface area (Å²) in [6, 6.07) is 7.89. The van der Waals surface area contributed by atoms with Crippen LogP contribution in [-0.2, 0) is 0 Å². The summed E-state index contributed by atoms with van der Waals surface area (Å²) in [7, 11) is 3.74. The average molecular weight is 252 g/mol. The smallest absolute Gasteiger partial charge is 0.119 e. The standard InChI is InChI=1S/C14H24N2O2/c1-12(15)8-9-16(2)10-11-18-14-6-4-13(17-3)5-7-14/h4-7,12H,8-11,15H2,1-3H3. The van der Waals surface area contributed by atoms with E-state index in [1.54, 1.807) is 7.11 Å². The summed E-state index contributed by atoms with van der Waals surface area (Å²) in [5.41, 5.74) is 5.72. The lowest BCUT2D eigenvalue weighted by Gasteiger charge is -2.18. The van der Waals surface area contributed by atoms with Crippen LogP contribution in [0.3, 0.4) is 0 Å². The molecule has 1 rings (SSSR count). The van der Waals surface area contributed by atoms with E-state index in [-0.39, 0.29) is 6.04 Å². The Balaban J connectivity index is 2.20. The van der Waals surface area contributed by atoms with Crippen molar-refractivity contribution >= 4 is 0 Å². The number of hydrogen-bond donors (Lipinski definition) is 1. The van der Waals surface area contributed by atoms with Crippen LogP contribution in [0.25, 0.3) is 0 Å². The van der Waals surface area contributed by atoms with Crippen molar-refractivity contribution in [3.63, 3.8) is 0 Å². The fraction of sp³-hybridized carbons (Fsp3) is 0.571. The minimum atomic E-state index is 0.259. The second-order valence-corrected chi connectivity index (χ2v) is 4.59. The lowest BCUT2D eigenvalue weighted by atomic mass is 10.2. The molecule has 4 nitrogen and oxygen atoms in total. The van der Waals surface area contributed by atoms with Gasteiger partial charge in [-0.3, -0.25) is 0 Å². The maximum absolute atomic E-state index is 5.72. The minimum Gasteiger partial charge on any atom is -0.497 e. The number of nitrogens with zero attached hydrogens (tertiary/aromatic N) is 1. The molecule has 0 aliphatic carbocycles. The zero-order valence-corrected chi connectivity index (χ0v) is 11.6. The van der Waals surface area contributed by atoms with Gasteiger partial charge in [0.15, 0.2) is 0 Å². The van der Waals surface area contributed by atoms with Crippen molar-refractivity contribution < 1.29 is 9.47 Å². The van der Waals surface area contributed by atoms with Gasteiger partial charge in [0.25, 0.3) is 0 Å². The fourth-order valence-electron chi connectivity index (χ4n) is 1.53. The van der Waals surface area contributed by atoms with Gasteiger partial charge in [-0.25, -0.2) is 0 Å². The van der Waals surface area contributed by atoms with Gasteiger partial charge in [0, 0.05) is 12.6 Å². The van der Waals surface area contributed by atoms with Gasteiger partial charge in [0.2, 0.25) is 0 Å². The molecule has 0 aliphatic heterocycles. The van der Waals surface area contributed by atoms with Gasteiger partial charge in [0.05, 0.1) is 7.11 Å². The second kappa shape index (κ2) is 7.95. The van der Waals surface area contributed by atoms with Crippen LogP contribution >= 0.6 is 0 Å². The molecule has 1 aromatic carbocycles. The Kier molecular flexibility index (Phi) is 6.54. The van der Waals surface area contributed by atoms with Crippen LogP contribution in [0.15, 0.2) is 24.3 Å². The van der Waals surface area contributed by atoms with E-state index in [0.717, 1.165) is 31.0 Å². The predicted octanol–water partition coefficient (Wildman–Crippen LogP) is 1.74. The first kappa shape index (κ1) is 14.8. The van der Waals surface area contributed by atoms with Gasteiger partial charge in [-0.15, -0.1) is 0 Å². The number of hydrogen-bond acceptors (Lipinski definition) is 4. The van der Waals surface area contributed by atoms with E-state index in [9.17, 15) is 0 Å². The van der Waals surface area contributed by atoms with Gasteiger partial charge in [-0.1, -0.05) is 0 Å². The van der Waals surface area contributed by atoms with Crippen molar-refractivity contribution in [2.45, 2.75) is 19.4 Å². The molecule has 18 heavy (non-hydrogen) atoms. The Bertz CT molecular complexity index is 325. The molecule has 0 spiro atoms. The molecule has 1 aromatic rings. The number of rotatable bonds is 8. The van der Waals surface area contributed by atoms with Crippen molar-refractivity contribution in [2.24, 2.45) is 5.73 Å². The number of methoxy groups -OCH3 is 1. The molecule has 1 atom stereocenters. The monoisotopic (exact) mass is 252 g/mol. The van der Waals surface area contributed by atoms with Gasteiger partial charge >= 0.3 is 0 Å². The van der Waals surface area contributed by atoms with E-state index in [4.69, 9.17) is 15.2 Å². The normalized spacial score (nSPS) is 12.5. The lowest BCUT2D eigenvalue weighted by molar-refractivity contribution is 0.233. The molecule has 0 aliphatic rings. The number of nitrogens with two attached hydrogens (primary N) is 1. The first-order valence-corrected chi connectivity index (χ1v) is 6.33. The van der Waals surface area contributed by atoms with Crippen LogP contribution < -0.4 is 15.2 Å². The highest BCUT2D eigenvalue weighted by molar-refractivity contribution is 5.31. The SMILES string of the molecule is COc1ccc(OCCN(C)CCC(C)N)cc1. The molecule has 4 heteroatoms. The minimum absolute atomic E-state index is 0.259. The van der Waals surface area contributed by atoms with E-state index >= 15 is 0 Å². The summed E-state index contributed by atoms with van der Waals surface area (Å²) in [5, 5.41) is 0. The van der Waals surface area contributed by atoms with Crippen molar-refractivity contribution in [3.05, 3.63) is 24.3 Å². The predicted molar refractivity (Wildman–Crippen MR) is 74.3 cm³/mol. The van der Waals surface area contributed by atoms with Gasteiger partial charge in [-0.05, 0) is 51.2 Å². The Morgan fingerprint density at radius 1 is 1.17 bits per heavy atom. The third-order valence-electron chi connectivity index (χ3n) is 2.77.